The van der Waals surface area contributed by atoms with Gasteiger partial charge in [0.15, 0.2) is 0 Å². The highest BCUT2D eigenvalue weighted by Crippen LogP contribution is 2.09. The molecule has 1 aromatic heterocycles. The minimum absolute atomic E-state index is 0.311. The second-order valence-electron chi connectivity index (χ2n) is 4.82. The van der Waals surface area contributed by atoms with E-state index in [4.69, 9.17) is 5.11 Å². The number of carboxylic acids is 1. The van der Waals surface area contributed by atoms with Gasteiger partial charge in [-0.1, -0.05) is 19.1 Å². The van der Waals surface area contributed by atoms with Gasteiger partial charge in [0.2, 0.25) is 0 Å². The molecule has 1 heterocycles. The largest absolute Gasteiger partial charge is 0.478 e. The van der Waals surface area contributed by atoms with Crippen LogP contribution in [0.5, 0.6) is 0 Å². The molecule has 0 amide bonds. The van der Waals surface area contributed by atoms with Crippen LogP contribution in [0.4, 0.5) is 5.82 Å². The van der Waals surface area contributed by atoms with Crippen molar-refractivity contribution in [1.82, 2.24) is 9.97 Å². The Morgan fingerprint density at radius 1 is 1.24 bits per heavy atom. The van der Waals surface area contributed by atoms with Crippen molar-refractivity contribution in [3.8, 4) is 0 Å². The summed E-state index contributed by atoms with van der Waals surface area (Å²) >= 11 is 0. The number of aromatic carboxylic acids is 1. The fraction of sp³-hybridized carbons (Fsp3) is 0.312. The molecule has 0 spiro atoms. The van der Waals surface area contributed by atoms with Crippen LogP contribution in [0.3, 0.4) is 0 Å². The van der Waals surface area contributed by atoms with Crippen molar-refractivity contribution in [3.05, 3.63) is 53.0 Å². The zero-order valence-electron chi connectivity index (χ0n) is 12.3. The number of anilines is 1. The molecule has 0 radical (unpaired) electrons. The standard InChI is InChI=1S/C16H19N3O2/c1-3-14-10-15(19-11(2)18-14)17-9-8-12-4-6-13(7-5-12)16(20)21/h4-7,10H,3,8-9H2,1-2H3,(H,20,21)(H,17,18,19). The van der Waals surface area contributed by atoms with Gasteiger partial charge in [0, 0.05) is 18.3 Å². The van der Waals surface area contributed by atoms with E-state index in [2.05, 4.69) is 22.2 Å². The first-order valence-electron chi connectivity index (χ1n) is 6.99. The Morgan fingerprint density at radius 2 is 1.95 bits per heavy atom. The van der Waals surface area contributed by atoms with E-state index in [-0.39, 0.29) is 0 Å². The summed E-state index contributed by atoms with van der Waals surface area (Å²) in [6.07, 6.45) is 1.69. The van der Waals surface area contributed by atoms with Gasteiger partial charge in [-0.2, -0.15) is 0 Å². The molecule has 0 atom stereocenters. The molecule has 110 valence electrons. The van der Waals surface area contributed by atoms with Crippen molar-refractivity contribution in [2.24, 2.45) is 0 Å². The summed E-state index contributed by atoms with van der Waals surface area (Å²) in [4.78, 5) is 19.5. The Hall–Kier alpha value is -2.43. The maximum Gasteiger partial charge on any atom is 0.335 e. The lowest BCUT2D eigenvalue weighted by molar-refractivity contribution is 0.0697. The minimum Gasteiger partial charge on any atom is -0.478 e. The molecule has 0 aliphatic heterocycles. The van der Waals surface area contributed by atoms with Crippen LogP contribution in [0.1, 0.15) is 34.4 Å². The van der Waals surface area contributed by atoms with E-state index in [0.717, 1.165) is 42.3 Å². The van der Waals surface area contributed by atoms with Crippen molar-refractivity contribution >= 4 is 11.8 Å². The summed E-state index contributed by atoms with van der Waals surface area (Å²) in [6, 6.07) is 8.89. The van der Waals surface area contributed by atoms with Crippen LogP contribution in [0, 0.1) is 6.92 Å². The number of hydrogen-bond acceptors (Lipinski definition) is 4. The fourth-order valence-electron chi connectivity index (χ4n) is 2.05. The van der Waals surface area contributed by atoms with E-state index in [1.165, 1.54) is 0 Å². The highest BCUT2D eigenvalue weighted by molar-refractivity contribution is 5.87. The average Bonchev–Trinajstić information content (AvgIpc) is 2.47. The molecular formula is C16H19N3O2. The quantitative estimate of drug-likeness (QED) is 0.853. The Morgan fingerprint density at radius 3 is 2.57 bits per heavy atom. The minimum atomic E-state index is -0.900. The Labute approximate surface area is 124 Å². The topological polar surface area (TPSA) is 75.1 Å². The third-order valence-electron chi connectivity index (χ3n) is 3.17. The van der Waals surface area contributed by atoms with Crippen molar-refractivity contribution in [3.63, 3.8) is 0 Å². The zero-order chi connectivity index (χ0) is 15.2. The number of aryl methyl sites for hydroxylation is 2. The molecule has 21 heavy (non-hydrogen) atoms. The molecule has 2 rings (SSSR count). The average molecular weight is 285 g/mol. The predicted octanol–water partition coefficient (Wildman–Crippen LogP) is 2.70. The SMILES string of the molecule is CCc1cc(NCCc2ccc(C(=O)O)cc2)nc(C)n1. The van der Waals surface area contributed by atoms with Crippen molar-refractivity contribution in [1.29, 1.82) is 0 Å². The van der Waals surface area contributed by atoms with Crippen LogP contribution < -0.4 is 5.32 Å². The molecule has 0 fully saturated rings. The van der Waals surface area contributed by atoms with Crippen LogP contribution in [0.25, 0.3) is 0 Å². The normalized spacial score (nSPS) is 10.4. The molecule has 5 nitrogen and oxygen atoms in total. The van der Waals surface area contributed by atoms with Crippen molar-refractivity contribution < 1.29 is 9.90 Å². The van der Waals surface area contributed by atoms with Crippen LogP contribution >= 0.6 is 0 Å². The van der Waals surface area contributed by atoms with Crippen molar-refractivity contribution in [2.75, 3.05) is 11.9 Å². The second kappa shape index (κ2) is 6.83. The first-order valence-corrected chi connectivity index (χ1v) is 6.99. The number of carboxylic acid groups (broad SMARTS) is 1. The van der Waals surface area contributed by atoms with E-state index in [0.29, 0.717) is 5.56 Å². The molecule has 0 aliphatic carbocycles. The lowest BCUT2D eigenvalue weighted by Crippen LogP contribution is -2.08. The van der Waals surface area contributed by atoms with Crippen LogP contribution in [-0.4, -0.2) is 27.6 Å². The summed E-state index contributed by atoms with van der Waals surface area (Å²) in [6.45, 7) is 4.69. The molecule has 1 aromatic carbocycles. The van der Waals surface area contributed by atoms with Gasteiger partial charge in [0.25, 0.3) is 0 Å². The number of aromatic nitrogens is 2. The lowest BCUT2D eigenvalue weighted by atomic mass is 10.1. The van der Waals surface area contributed by atoms with Crippen molar-refractivity contribution in [2.45, 2.75) is 26.7 Å². The van der Waals surface area contributed by atoms with Gasteiger partial charge in [0.05, 0.1) is 5.56 Å². The zero-order valence-corrected chi connectivity index (χ0v) is 12.3. The summed E-state index contributed by atoms with van der Waals surface area (Å²) in [5.41, 5.74) is 2.43. The molecular weight excluding hydrogens is 266 g/mol. The number of nitrogens with zero attached hydrogens (tertiary/aromatic N) is 2. The summed E-state index contributed by atoms with van der Waals surface area (Å²) in [7, 11) is 0. The number of nitrogens with one attached hydrogen (secondary N) is 1. The fourth-order valence-corrected chi connectivity index (χ4v) is 2.05. The lowest BCUT2D eigenvalue weighted by Gasteiger charge is -2.08. The van der Waals surface area contributed by atoms with Gasteiger partial charge in [-0.15, -0.1) is 0 Å². The predicted molar refractivity (Wildman–Crippen MR) is 81.7 cm³/mol. The number of hydrogen-bond donors (Lipinski definition) is 2. The Kier molecular flexibility index (Phi) is 4.87. The van der Waals surface area contributed by atoms with Gasteiger partial charge >= 0.3 is 5.97 Å². The van der Waals surface area contributed by atoms with Crippen LogP contribution in [0.15, 0.2) is 30.3 Å². The van der Waals surface area contributed by atoms with Gasteiger partial charge in [-0.3, -0.25) is 0 Å². The smallest absolute Gasteiger partial charge is 0.335 e. The molecule has 0 aliphatic rings. The maximum absolute atomic E-state index is 10.8. The molecule has 2 aromatic rings. The first-order chi connectivity index (χ1) is 10.1. The molecule has 0 saturated heterocycles. The monoisotopic (exact) mass is 285 g/mol. The number of rotatable bonds is 6. The second-order valence-corrected chi connectivity index (χ2v) is 4.82. The van der Waals surface area contributed by atoms with Crippen LogP contribution in [-0.2, 0) is 12.8 Å². The molecule has 5 heteroatoms. The molecule has 0 bridgehead atoms. The highest BCUT2D eigenvalue weighted by Gasteiger charge is 2.03. The van der Waals surface area contributed by atoms with E-state index < -0.39 is 5.97 Å². The maximum atomic E-state index is 10.8. The van der Waals surface area contributed by atoms with Gasteiger partial charge < -0.3 is 10.4 Å². The van der Waals surface area contributed by atoms with Gasteiger partial charge in [-0.25, -0.2) is 14.8 Å². The third kappa shape index (κ3) is 4.27. The molecule has 2 N–H and O–H groups in total. The van der Waals surface area contributed by atoms with E-state index in [1.54, 1.807) is 12.1 Å². The summed E-state index contributed by atoms with van der Waals surface area (Å²) < 4.78 is 0. The van der Waals surface area contributed by atoms with E-state index >= 15 is 0 Å². The van der Waals surface area contributed by atoms with Gasteiger partial charge in [-0.05, 0) is 37.5 Å². The Balaban J connectivity index is 1.92. The highest BCUT2D eigenvalue weighted by atomic mass is 16.4. The number of carbonyl (C=O) groups is 1. The van der Waals surface area contributed by atoms with E-state index in [1.807, 2.05) is 25.1 Å². The number of benzene rings is 1. The summed E-state index contributed by atoms with van der Waals surface area (Å²) in [5, 5.41) is 12.1. The van der Waals surface area contributed by atoms with Gasteiger partial charge in [0.1, 0.15) is 11.6 Å². The molecule has 0 saturated carbocycles. The Bertz CT molecular complexity index is 624. The third-order valence-corrected chi connectivity index (χ3v) is 3.17. The van der Waals surface area contributed by atoms with E-state index in [9.17, 15) is 4.79 Å². The summed E-state index contributed by atoms with van der Waals surface area (Å²) in [5.74, 6) is 0.701. The first kappa shape index (κ1) is 15.0. The molecule has 0 unspecified atom stereocenters. The van der Waals surface area contributed by atoms with Crippen LogP contribution in [0.2, 0.25) is 0 Å².